The maximum atomic E-state index is 11.7. The van der Waals surface area contributed by atoms with E-state index in [-0.39, 0.29) is 5.56 Å². The lowest BCUT2D eigenvalue weighted by molar-refractivity contribution is -0.137. The van der Waals surface area contributed by atoms with Crippen LogP contribution >= 0.6 is 15.9 Å². The van der Waals surface area contributed by atoms with Gasteiger partial charge in [-0.05, 0) is 36.4 Å². The van der Waals surface area contributed by atoms with Gasteiger partial charge >= 0.3 is 5.97 Å². The van der Waals surface area contributed by atoms with Crippen LogP contribution in [0.1, 0.15) is 27.4 Å². The van der Waals surface area contributed by atoms with Crippen molar-refractivity contribution in [1.29, 1.82) is 0 Å². The third-order valence-corrected chi connectivity index (χ3v) is 3.85. The average molecular weight is 348 g/mol. The third-order valence-electron chi connectivity index (χ3n) is 3.36. The topological polar surface area (TPSA) is 89.6 Å². The Labute approximate surface area is 128 Å². The number of hydrogen-bond acceptors (Lipinski definition) is 3. The lowest BCUT2D eigenvalue weighted by Crippen LogP contribution is -2.20. The molecule has 106 valence electrons. The standard InChI is InChI=1S/C15H10BrNO4/c16-8-2-4-12-10(6-8)13(15(19)20)9-5-7(14(17)18)1-3-11(9)21-12/h1-6,13H,(H2,17,18)(H,19,20). The van der Waals surface area contributed by atoms with E-state index in [2.05, 4.69) is 15.9 Å². The number of primary amides is 1. The highest BCUT2D eigenvalue weighted by atomic mass is 79.9. The number of carboxylic acid groups (broad SMARTS) is 1. The lowest BCUT2D eigenvalue weighted by atomic mass is 9.87. The van der Waals surface area contributed by atoms with Gasteiger partial charge in [0.25, 0.3) is 0 Å². The molecule has 0 bridgehead atoms. The molecule has 1 unspecified atom stereocenters. The first-order valence-electron chi connectivity index (χ1n) is 6.11. The Morgan fingerprint density at radius 3 is 2.33 bits per heavy atom. The average Bonchev–Trinajstić information content (AvgIpc) is 2.43. The molecule has 0 saturated heterocycles. The summed E-state index contributed by atoms with van der Waals surface area (Å²) < 4.78 is 6.47. The largest absolute Gasteiger partial charge is 0.481 e. The number of amides is 1. The Morgan fingerprint density at radius 1 is 1.10 bits per heavy atom. The Kier molecular flexibility index (Phi) is 3.17. The fourth-order valence-corrected chi connectivity index (χ4v) is 2.79. The smallest absolute Gasteiger partial charge is 0.315 e. The first-order valence-corrected chi connectivity index (χ1v) is 6.90. The number of halogens is 1. The molecule has 2 aromatic rings. The molecule has 1 aliphatic rings. The van der Waals surface area contributed by atoms with Gasteiger partial charge in [-0.2, -0.15) is 0 Å². The second-order valence-corrected chi connectivity index (χ2v) is 5.59. The van der Waals surface area contributed by atoms with Crippen molar-refractivity contribution in [3.05, 3.63) is 57.6 Å². The molecule has 1 heterocycles. The van der Waals surface area contributed by atoms with Crippen molar-refractivity contribution >= 4 is 27.8 Å². The highest BCUT2D eigenvalue weighted by molar-refractivity contribution is 9.10. The van der Waals surface area contributed by atoms with Crippen molar-refractivity contribution in [3.8, 4) is 11.5 Å². The molecular weight excluding hydrogens is 338 g/mol. The molecule has 1 amide bonds. The minimum Gasteiger partial charge on any atom is -0.481 e. The maximum Gasteiger partial charge on any atom is 0.315 e. The number of aliphatic carboxylic acids is 1. The van der Waals surface area contributed by atoms with Crippen molar-refractivity contribution in [2.24, 2.45) is 5.73 Å². The molecule has 5 nitrogen and oxygen atoms in total. The number of fused-ring (bicyclic) bond motifs is 2. The van der Waals surface area contributed by atoms with Crippen LogP contribution in [0.15, 0.2) is 40.9 Å². The number of benzene rings is 2. The van der Waals surface area contributed by atoms with Gasteiger partial charge in [-0.3, -0.25) is 9.59 Å². The number of rotatable bonds is 2. The maximum absolute atomic E-state index is 11.7. The fourth-order valence-electron chi connectivity index (χ4n) is 2.41. The summed E-state index contributed by atoms with van der Waals surface area (Å²) in [7, 11) is 0. The fraction of sp³-hybridized carbons (Fsp3) is 0.0667. The minimum atomic E-state index is -1.01. The summed E-state index contributed by atoms with van der Waals surface area (Å²) >= 11 is 3.32. The van der Waals surface area contributed by atoms with Gasteiger partial charge in [0, 0.05) is 21.2 Å². The normalized spacial score (nSPS) is 15.6. The van der Waals surface area contributed by atoms with Gasteiger partial charge in [-0.15, -0.1) is 0 Å². The van der Waals surface area contributed by atoms with Crippen molar-refractivity contribution < 1.29 is 19.4 Å². The third kappa shape index (κ3) is 2.27. The Morgan fingerprint density at radius 2 is 1.71 bits per heavy atom. The monoisotopic (exact) mass is 347 g/mol. The molecule has 1 atom stereocenters. The van der Waals surface area contributed by atoms with Crippen molar-refractivity contribution in [2.75, 3.05) is 0 Å². The van der Waals surface area contributed by atoms with Crippen molar-refractivity contribution in [1.82, 2.24) is 0 Å². The number of ether oxygens (including phenoxy) is 1. The highest BCUT2D eigenvalue weighted by Crippen LogP contribution is 2.45. The highest BCUT2D eigenvalue weighted by Gasteiger charge is 2.33. The molecular formula is C15H10BrNO4. The predicted octanol–water partition coefficient (Wildman–Crippen LogP) is 2.87. The zero-order valence-electron chi connectivity index (χ0n) is 10.7. The molecule has 6 heteroatoms. The minimum absolute atomic E-state index is 0.252. The Bertz CT molecular complexity index is 772. The number of carbonyl (C=O) groups is 2. The van der Waals surface area contributed by atoms with Crippen LogP contribution in [0.25, 0.3) is 0 Å². The molecule has 0 aliphatic carbocycles. The van der Waals surface area contributed by atoms with Gasteiger partial charge in [-0.1, -0.05) is 15.9 Å². The number of carboxylic acids is 1. The SMILES string of the molecule is NC(=O)c1ccc2c(c1)C(C(=O)O)c1cc(Br)ccc1O2. The zero-order valence-corrected chi connectivity index (χ0v) is 12.3. The lowest BCUT2D eigenvalue weighted by Gasteiger charge is -2.26. The van der Waals surface area contributed by atoms with Crippen LogP contribution in [0, 0.1) is 0 Å². The van der Waals surface area contributed by atoms with Gasteiger partial charge in [-0.25, -0.2) is 0 Å². The summed E-state index contributed by atoms with van der Waals surface area (Å²) in [5, 5.41) is 9.57. The van der Waals surface area contributed by atoms with Crippen molar-refractivity contribution in [3.63, 3.8) is 0 Å². The van der Waals surface area contributed by atoms with E-state index in [9.17, 15) is 14.7 Å². The molecule has 2 aromatic carbocycles. The quantitative estimate of drug-likeness (QED) is 0.873. The molecule has 0 saturated carbocycles. The van der Waals surface area contributed by atoms with Crippen LogP contribution in [0.5, 0.6) is 11.5 Å². The van der Waals surface area contributed by atoms with Crippen LogP contribution < -0.4 is 10.5 Å². The van der Waals surface area contributed by atoms with E-state index >= 15 is 0 Å². The summed E-state index contributed by atoms with van der Waals surface area (Å²) in [6.45, 7) is 0. The number of carbonyl (C=O) groups excluding carboxylic acids is 1. The molecule has 0 aromatic heterocycles. The van der Waals surface area contributed by atoms with E-state index in [1.165, 1.54) is 12.1 Å². The van der Waals surface area contributed by atoms with E-state index in [1.807, 2.05) is 0 Å². The van der Waals surface area contributed by atoms with Crippen LogP contribution in [0.2, 0.25) is 0 Å². The molecule has 3 N–H and O–H groups in total. The van der Waals surface area contributed by atoms with E-state index < -0.39 is 17.8 Å². The molecule has 21 heavy (non-hydrogen) atoms. The zero-order chi connectivity index (χ0) is 15.1. The Hall–Kier alpha value is -2.34. The van der Waals surface area contributed by atoms with E-state index in [0.29, 0.717) is 22.6 Å². The predicted molar refractivity (Wildman–Crippen MR) is 78.7 cm³/mol. The molecule has 0 spiro atoms. The van der Waals surface area contributed by atoms with Gasteiger partial charge in [0.05, 0.1) is 0 Å². The molecule has 0 radical (unpaired) electrons. The van der Waals surface area contributed by atoms with Crippen LogP contribution in [0.3, 0.4) is 0 Å². The van der Waals surface area contributed by atoms with Crippen LogP contribution in [-0.4, -0.2) is 17.0 Å². The van der Waals surface area contributed by atoms with Crippen LogP contribution in [-0.2, 0) is 4.79 Å². The summed E-state index contributed by atoms with van der Waals surface area (Å²) in [6.07, 6.45) is 0. The molecule has 3 rings (SSSR count). The summed E-state index contributed by atoms with van der Waals surface area (Å²) in [4.78, 5) is 23.0. The van der Waals surface area contributed by atoms with Gasteiger partial charge in [0.1, 0.15) is 17.4 Å². The number of nitrogens with two attached hydrogens (primary N) is 1. The van der Waals surface area contributed by atoms with Gasteiger partial charge in [0.2, 0.25) is 5.91 Å². The van der Waals surface area contributed by atoms with Gasteiger partial charge < -0.3 is 15.6 Å². The molecule has 1 aliphatic heterocycles. The number of hydrogen-bond donors (Lipinski definition) is 2. The summed E-state index contributed by atoms with van der Waals surface area (Å²) in [6, 6.07) is 9.75. The van der Waals surface area contributed by atoms with E-state index in [1.54, 1.807) is 24.3 Å². The van der Waals surface area contributed by atoms with E-state index in [0.717, 1.165) is 4.47 Å². The first-order chi connectivity index (χ1) is 9.97. The van der Waals surface area contributed by atoms with Crippen LogP contribution in [0.4, 0.5) is 0 Å². The van der Waals surface area contributed by atoms with Gasteiger partial charge in [0.15, 0.2) is 0 Å². The molecule has 0 fully saturated rings. The second kappa shape index (κ2) is 4.89. The summed E-state index contributed by atoms with van der Waals surface area (Å²) in [5.41, 5.74) is 6.46. The van der Waals surface area contributed by atoms with E-state index in [4.69, 9.17) is 10.5 Å². The Balaban J connectivity index is 2.23. The van der Waals surface area contributed by atoms with Crippen molar-refractivity contribution in [2.45, 2.75) is 5.92 Å². The summed E-state index contributed by atoms with van der Waals surface area (Å²) in [5.74, 6) is -1.62. The second-order valence-electron chi connectivity index (χ2n) is 4.67. The first kappa shape index (κ1) is 13.6.